The number of nitrogens with zero attached hydrogens (tertiary/aromatic N) is 2. The van der Waals surface area contributed by atoms with E-state index in [4.69, 9.17) is 71.0 Å². The van der Waals surface area contributed by atoms with Crippen molar-refractivity contribution in [1.82, 2.24) is 10.6 Å². The lowest BCUT2D eigenvalue weighted by atomic mass is 10.1. The van der Waals surface area contributed by atoms with E-state index in [1.807, 2.05) is 0 Å². The number of esters is 2. The van der Waals surface area contributed by atoms with Crippen LogP contribution in [0.5, 0.6) is 23.0 Å². The van der Waals surface area contributed by atoms with Gasteiger partial charge in [-0.15, -0.1) is 0 Å². The molecule has 0 fully saturated rings. The first-order valence-corrected chi connectivity index (χ1v) is 22.5. The van der Waals surface area contributed by atoms with Gasteiger partial charge in [0, 0.05) is 23.3 Å². The molecular weight excluding hydrogens is 1010 g/mol. The first kappa shape index (κ1) is 59.2. The van der Waals surface area contributed by atoms with E-state index in [-0.39, 0.29) is 123 Å². The minimum Gasteiger partial charge on any atom is -0.491 e. The molecule has 0 aliphatic heterocycles. The Labute approximate surface area is 431 Å². The van der Waals surface area contributed by atoms with E-state index in [0.717, 1.165) is 12.1 Å². The number of nitrogens with two attached hydrogens (primary N) is 4. The molecule has 0 aliphatic carbocycles. The molecule has 14 N–H and O–H groups in total. The van der Waals surface area contributed by atoms with Crippen molar-refractivity contribution >= 4 is 70.9 Å². The first-order valence-electron chi connectivity index (χ1n) is 22.5. The van der Waals surface area contributed by atoms with Crippen LogP contribution in [0.3, 0.4) is 0 Å². The van der Waals surface area contributed by atoms with Crippen LogP contribution in [0.4, 0.5) is 11.4 Å². The minimum absolute atomic E-state index is 0.0273. The lowest BCUT2D eigenvalue weighted by Gasteiger charge is -2.15. The Hall–Kier alpha value is -9.38. The van der Waals surface area contributed by atoms with Gasteiger partial charge in [0.15, 0.2) is 11.9 Å². The number of carboxylic acid groups (broad SMARTS) is 4. The summed E-state index contributed by atoms with van der Waals surface area (Å²) in [6.07, 6.45) is -1.81. The van der Waals surface area contributed by atoms with Crippen molar-refractivity contribution in [3.05, 3.63) is 107 Å². The van der Waals surface area contributed by atoms with Crippen LogP contribution in [-0.2, 0) is 38.1 Å². The van der Waals surface area contributed by atoms with Gasteiger partial charge in [-0.25, -0.2) is 29.2 Å². The molecule has 2 atom stereocenters. The highest BCUT2D eigenvalue weighted by Gasteiger charge is 2.26. The number of aliphatic imine (C=N–C) groups is 2. The van der Waals surface area contributed by atoms with Gasteiger partial charge in [-0.05, 0) is 72.8 Å². The molecule has 0 saturated carbocycles. The maximum atomic E-state index is 13.0. The van der Waals surface area contributed by atoms with Gasteiger partial charge in [0.1, 0.15) is 48.3 Å². The van der Waals surface area contributed by atoms with Crippen LogP contribution < -0.4 is 52.5 Å². The largest absolute Gasteiger partial charge is 0.491 e. The Bertz CT molecular complexity index is 2540. The molecule has 0 aliphatic rings. The smallest absolute Gasteiger partial charge is 0.343 e. The van der Waals surface area contributed by atoms with Gasteiger partial charge < -0.3 is 91.9 Å². The normalized spacial score (nSPS) is 11.4. The fourth-order valence-electron chi connectivity index (χ4n) is 6.10. The number of carbonyl (C=O) groups excluding carboxylic acids is 4. The summed E-state index contributed by atoms with van der Waals surface area (Å²) in [4.78, 5) is 105. The molecule has 4 rings (SSSR count). The van der Waals surface area contributed by atoms with Gasteiger partial charge in [-0.2, -0.15) is 0 Å². The Balaban J connectivity index is 1.18. The van der Waals surface area contributed by atoms with E-state index in [1.165, 1.54) is 72.8 Å². The van der Waals surface area contributed by atoms with Crippen LogP contribution in [0.25, 0.3) is 0 Å². The van der Waals surface area contributed by atoms with Crippen LogP contribution in [0.1, 0.15) is 54.3 Å². The predicted octanol–water partition coefficient (Wildman–Crippen LogP) is 0.774. The van der Waals surface area contributed by atoms with Gasteiger partial charge >= 0.3 is 35.8 Å². The second-order valence-electron chi connectivity index (χ2n) is 15.4. The van der Waals surface area contributed by atoms with E-state index < -0.39 is 72.6 Å². The summed E-state index contributed by atoms with van der Waals surface area (Å²) in [5.74, 6) is -10.4. The second-order valence-corrected chi connectivity index (χ2v) is 15.4. The zero-order valence-corrected chi connectivity index (χ0v) is 40.2. The van der Waals surface area contributed by atoms with Crippen LogP contribution in [0.2, 0.25) is 0 Å². The number of ether oxygens (including phenoxy) is 8. The highest BCUT2D eigenvalue weighted by Crippen LogP contribution is 2.27. The van der Waals surface area contributed by atoms with E-state index >= 15 is 0 Å². The molecule has 0 saturated heterocycles. The molecule has 1 unspecified atom stereocenters. The summed E-state index contributed by atoms with van der Waals surface area (Å²) >= 11 is 0. The van der Waals surface area contributed by atoms with Crippen molar-refractivity contribution in [1.29, 1.82) is 0 Å². The monoisotopic (exact) mass is 1060 g/mol. The summed E-state index contributed by atoms with van der Waals surface area (Å²) in [6.45, 7) is 1.06. The minimum atomic E-state index is -1.76. The average molecular weight is 1060 g/mol. The Morgan fingerprint density at radius 3 is 1.01 bits per heavy atom. The van der Waals surface area contributed by atoms with E-state index in [0.29, 0.717) is 11.4 Å². The van der Waals surface area contributed by atoms with Crippen LogP contribution in [0, 0.1) is 0 Å². The molecule has 2 amide bonds. The maximum absolute atomic E-state index is 13.0. The number of hydrogen-bond donors (Lipinski definition) is 10. The number of carbonyl (C=O) groups is 8. The van der Waals surface area contributed by atoms with E-state index in [9.17, 15) is 48.6 Å². The quantitative estimate of drug-likeness (QED) is 0.0104. The zero-order valence-electron chi connectivity index (χ0n) is 40.2. The molecular formula is C48H54N8O20. The highest BCUT2D eigenvalue weighted by atomic mass is 16.6. The summed E-state index contributed by atoms with van der Waals surface area (Å²) in [5.41, 5.74) is 22.0. The first-order chi connectivity index (χ1) is 36.3. The highest BCUT2D eigenvalue weighted by molar-refractivity contribution is 6.00. The lowest BCUT2D eigenvalue weighted by Crippen LogP contribution is -2.42. The average Bonchev–Trinajstić information content (AvgIpc) is 3.35. The number of guanidine groups is 2. The number of amides is 2. The second kappa shape index (κ2) is 30.6. The number of carboxylic acids is 4. The van der Waals surface area contributed by atoms with E-state index in [1.54, 1.807) is 0 Å². The van der Waals surface area contributed by atoms with Gasteiger partial charge in [-0.1, -0.05) is 0 Å². The summed E-state index contributed by atoms with van der Waals surface area (Å²) in [6, 6.07) is 15.2. The van der Waals surface area contributed by atoms with Gasteiger partial charge in [0.2, 0.25) is 0 Å². The van der Waals surface area contributed by atoms with Crippen LogP contribution >= 0.6 is 0 Å². The number of aliphatic carboxylic acids is 4. The summed E-state index contributed by atoms with van der Waals surface area (Å²) < 4.78 is 44.4. The number of rotatable bonds is 33. The van der Waals surface area contributed by atoms with Crippen molar-refractivity contribution in [2.75, 3.05) is 66.1 Å². The molecule has 0 aromatic heterocycles. The predicted molar refractivity (Wildman–Crippen MR) is 263 cm³/mol. The Kier molecular flexibility index (Phi) is 23.8. The topological polar surface area (TPSA) is 444 Å². The third kappa shape index (κ3) is 21.8. The molecule has 4 aromatic carbocycles. The molecule has 0 bridgehead atoms. The standard InChI is InChI=1S/C48H54N8O20/c49-47(50)53-31-5-1-27(2-6-31)45(67)75-35-21-29(41(61)55-37(43(63)64)25-39(57)58)19-33(23-35)73-17-15-71-13-11-69-9-10-70-12-14-72-16-18-74-34-20-30(42(62)56-38(44(65)66)26-40(59)60)22-36(24-34)76-46(68)28-3-7-32(8-4-28)54-48(51)52/h1-8,19-24,37-38H,9-18,25-26H2,(H,55,61)(H,56,62)(H,57,58)(H,59,60)(H,63,64)(H,65,66)(H4,49,50,53)(H4,51,52,54)/t37-,38?/m0/s1. The zero-order chi connectivity index (χ0) is 55.6. The molecule has 0 heterocycles. The number of benzene rings is 4. The third-order valence-corrected chi connectivity index (χ3v) is 9.50. The van der Waals surface area contributed by atoms with Crippen molar-refractivity contribution in [3.63, 3.8) is 0 Å². The molecule has 406 valence electrons. The summed E-state index contributed by atoms with van der Waals surface area (Å²) in [5, 5.41) is 41.2. The maximum Gasteiger partial charge on any atom is 0.343 e. The molecule has 0 spiro atoms. The Morgan fingerprint density at radius 2 is 0.724 bits per heavy atom. The van der Waals surface area contributed by atoms with E-state index in [2.05, 4.69) is 20.6 Å². The Morgan fingerprint density at radius 1 is 0.421 bits per heavy atom. The molecule has 28 nitrogen and oxygen atoms in total. The number of nitrogens with one attached hydrogen (secondary N) is 2. The summed E-state index contributed by atoms with van der Waals surface area (Å²) in [7, 11) is 0. The third-order valence-electron chi connectivity index (χ3n) is 9.50. The van der Waals surface area contributed by atoms with Crippen molar-refractivity contribution in [2.24, 2.45) is 32.9 Å². The van der Waals surface area contributed by atoms with Crippen molar-refractivity contribution in [3.8, 4) is 23.0 Å². The lowest BCUT2D eigenvalue weighted by molar-refractivity contribution is -0.145. The fraction of sp³-hybridized carbons (Fsp3) is 0.292. The molecule has 76 heavy (non-hydrogen) atoms. The van der Waals surface area contributed by atoms with Crippen LogP contribution in [-0.4, -0.2) is 158 Å². The fourth-order valence-corrected chi connectivity index (χ4v) is 6.10. The van der Waals surface area contributed by atoms with Crippen molar-refractivity contribution < 1.29 is 96.7 Å². The van der Waals surface area contributed by atoms with Crippen LogP contribution in [0.15, 0.2) is 94.9 Å². The van der Waals surface area contributed by atoms with Gasteiger partial charge in [0.05, 0.1) is 88.2 Å². The molecule has 0 radical (unpaired) electrons. The number of hydrogen-bond acceptors (Lipinski definition) is 18. The SMILES string of the molecule is NC(N)=Nc1ccc(C(=O)Oc2cc(OCCOCCOCCOCCOCCOc3cc(OC(=O)c4ccc(N=C(N)N)cc4)cc(C(=O)N[C@@H](CC(=O)O)C(=O)O)c3)cc(C(=O)NC(CC(=O)O)C(=O)O)c2)cc1. The van der Waals surface area contributed by atoms with Gasteiger partial charge in [0.25, 0.3) is 11.8 Å². The molecule has 4 aromatic rings. The molecule has 28 heteroatoms. The van der Waals surface area contributed by atoms with Crippen molar-refractivity contribution in [2.45, 2.75) is 24.9 Å². The van der Waals surface area contributed by atoms with Gasteiger partial charge in [-0.3, -0.25) is 19.2 Å².